The Hall–Kier alpha value is -1.52. The molecule has 3 rings (SSSR count). The Morgan fingerprint density at radius 1 is 1.44 bits per heavy atom. The van der Waals surface area contributed by atoms with Crippen molar-refractivity contribution in [2.24, 2.45) is 0 Å². The van der Waals surface area contributed by atoms with E-state index in [1.807, 2.05) is 7.05 Å². The molecular formula is C15H22ClN5O3S. The average Bonchev–Trinajstić information content (AvgIpc) is 3.05. The lowest BCUT2D eigenvalue weighted by atomic mass is 10.2. The zero-order valence-electron chi connectivity index (χ0n) is 14.1. The number of rotatable bonds is 5. The van der Waals surface area contributed by atoms with Gasteiger partial charge in [-0.25, -0.2) is 13.1 Å². The van der Waals surface area contributed by atoms with E-state index in [0.717, 1.165) is 19.6 Å². The van der Waals surface area contributed by atoms with Gasteiger partial charge in [-0.3, -0.25) is 4.90 Å². The molecule has 0 aliphatic carbocycles. The summed E-state index contributed by atoms with van der Waals surface area (Å²) in [7, 11) is -1.50. The summed E-state index contributed by atoms with van der Waals surface area (Å²) < 4.78 is 32.1. The van der Waals surface area contributed by atoms with Gasteiger partial charge in [-0.15, -0.1) is 12.4 Å². The fourth-order valence-electron chi connectivity index (χ4n) is 2.65. The molecule has 1 aromatic carbocycles. The normalized spacial score (nSPS) is 18.7. The molecular weight excluding hydrogens is 366 g/mol. The third kappa shape index (κ3) is 4.36. The van der Waals surface area contributed by atoms with Crippen molar-refractivity contribution >= 4 is 22.4 Å². The van der Waals surface area contributed by atoms with Crippen molar-refractivity contribution in [3.8, 4) is 11.5 Å². The number of aromatic nitrogens is 2. The first-order valence-electron chi connectivity index (χ1n) is 7.86. The van der Waals surface area contributed by atoms with E-state index in [1.54, 1.807) is 19.1 Å². The van der Waals surface area contributed by atoms with Gasteiger partial charge in [0, 0.05) is 31.7 Å². The van der Waals surface area contributed by atoms with Crippen LogP contribution in [0.15, 0.2) is 33.7 Å². The van der Waals surface area contributed by atoms with Gasteiger partial charge in [-0.1, -0.05) is 18.1 Å². The number of likely N-dealkylation sites (N-methyl/N-ethyl adjacent to an activating group) is 1. The molecule has 2 aromatic rings. The number of nitrogens with zero attached hydrogens (tertiary/aromatic N) is 3. The predicted molar refractivity (Wildman–Crippen MR) is 96.1 cm³/mol. The van der Waals surface area contributed by atoms with Crippen LogP contribution in [0, 0.1) is 0 Å². The van der Waals surface area contributed by atoms with Crippen molar-refractivity contribution < 1.29 is 12.9 Å². The Morgan fingerprint density at radius 2 is 2.24 bits per heavy atom. The molecule has 0 radical (unpaired) electrons. The molecule has 0 bridgehead atoms. The lowest BCUT2D eigenvalue weighted by molar-refractivity contribution is 0.190. The molecule has 138 valence electrons. The molecule has 10 heteroatoms. The van der Waals surface area contributed by atoms with Crippen LogP contribution in [-0.4, -0.2) is 56.7 Å². The molecule has 1 aliphatic rings. The molecule has 0 saturated carbocycles. The molecule has 2 heterocycles. The second kappa shape index (κ2) is 8.24. The number of nitrogens with one attached hydrogen (secondary N) is 2. The summed E-state index contributed by atoms with van der Waals surface area (Å²) in [5.74, 6) is 0.914. The van der Waals surface area contributed by atoms with E-state index >= 15 is 0 Å². The van der Waals surface area contributed by atoms with Gasteiger partial charge in [0.15, 0.2) is 5.82 Å². The number of piperazine rings is 1. The van der Waals surface area contributed by atoms with Gasteiger partial charge in [0.05, 0.1) is 10.9 Å². The summed E-state index contributed by atoms with van der Waals surface area (Å²) in [6.45, 7) is 4.66. The topological polar surface area (TPSA) is 100 Å². The van der Waals surface area contributed by atoms with Gasteiger partial charge in [-0.2, -0.15) is 4.98 Å². The van der Waals surface area contributed by atoms with Crippen LogP contribution in [0.4, 0.5) is 0 Å². The first-order valence-corrected chi connectivity index (χ1v) is 9.34. The molecule has 0 amide bonds. The zero-order chi connectivity index (χ0) is 17.2. The number of halogens is 1. The first kappa shape index (κ1) is 19.8. The van der Waals surface area contributed by atoms with Crippen LogP contribution in [0.25, 0.3) is 11.5 Å². The van der Waals surface area contributed by atoms with Crippen LogP contribution in [0.2, 0.25) is 0 Å². The summed E-state index contributed by atoms with van der Waals surface area (Å²) in [6.07, 6.45) is 0. The summed E-state index contributed by atoms with van der Waals surface area (Å²) in [5.41, 5.74) is 0.583. The van der Waals surface area contributed by atoms with Crippen LogP contribution >= 0.6 is 12.4 Å². The predicted octanol–water partition coefficient (Wildman–Crippen LogP) is 1.03. The smallest absolute Gasteiger partial charge is 0.258 e. The molecule has 0 spiro atoms. The van der Waals surface area contributed by atoms with E-state index in [0.29, 0.717) is 23.8 Å². The highest BCUT2D eigenvalue weighted by Gasteiger charge is 2.25. The van der Waals surface area contributed by atoms with Gasteiger partial charge in [0.1, 0.15) is 0 Å². The van der Waals surface area contributed by atoms with Crippen molar-refractivity contribution in [3.05, 3.63) is 30.1 Å². The quantitative estimate of drug-likeness (QED) is 0.790. The minimum atomic E-state index is -3.52. The van der Waals surface area contributed by atoms with E-state index in [2.05, 4.69) is 25.1 Å². The van der Waals surface area contributed by atoms with E-state index in [4.69, 9.17) is 4.52 Å². The van der Waals surface area contributed by atoms with Gasteiger partial charge in [0.2, 0.25) is 10.0 Å². The van der Waals surface area contributed by atoms with Gasteiger partial charge >= 0.3 is 0 Å². The van der Waals surface area contributed by atoms with E-state index in [1.165, 1.54) is 12.1 Å². The molecule has 2 N–H and O–H groups in total. The fraction of sp³-hybridized carbons (Fsp3) is 0.467. The molecule has 1 aliphatic heterocycles. The van der Waals surface area contributed by atoms with Crippen molar-refractivity contribution in [1.82, 2.24) is 25.1 Å². The van der Waals surface area contributed by atoms with Crippen molar-refractivity contribution in [2.45, 2.75) is 17.9 Å². The number of sulfonamides is 1. The Bertz CT molecular complexity index is 811. The number of hydrogen-bond acceptors (Lipinski definition) is 7. The minimum absolute atomic E-state index is 0. The fourth-order valence-corrected chi connectivity index (χ4v) is 3.74. The molecule has 1 atom stereocenters. The Balaban J connectivity index is 0.00000225. The van der Waals surface area contributed by atoms with E-state index in [9.17, 15) is 8.42 Å². The van der Waals surface area contributed by atoms with Crippen LogP contribution in [0.3, 0.4) is 0 Å². The third-order valence-corrected chi connectivity index (χ3v) is 5.52. The second-order valence-corrected chi connectivity index (χ2v) is 7.45. The highest BCUT2D eigenvalue weighted by molar-refractivity contribution is 7.89. The average molecular weight is 388 g/mol. The Morgan fingerprint density at radius 3 is 2.96 bits per heavy atom. The summed E-state index contributed by atoms with van der Waals surface area (Å²) in [6, 6.07) is 6.54. The van der Waals surface area contributed by atoms with Gasteiger partial charge in [-0.05, 0) is 25.2 Å². The monoisotopic (exact) mass is 387 g/mol. The third-order valence-electron chi connectivity index (χ3n) is 3.98. The van der Waals surface area contributed by atoms with Crippen LogP contribution in [0.5, 0.6) is 0 Å². The maximum atomic E-state index is 12.1. The van der Waals surface area contributed by atoms with Crippen LogP contribution in [-0.2, 0) is 10.0 Å². The lowest BCUT2D eigenvalue weighted by Gasteiger charge is -2.30. The van der Waals surface area contributed by atoms with Crippen molar-refractivity contribution in [2.75, 3.05) is 33.2 Å². The Labute approximate surface area is 153 Å². The number of benzene rings is 1. The minimum Gasteiger partial charge on any atom is -0.334 e. The lowest BCUT2D eigenvalue weighted by Crippen LogP contribution is -2.44. The highest BCUT2D eigenvalue weighted by atomic mass is 35.5. The second-order valence-electron chi connectivity index (χ2n) is 5.69. The highest BCUT2D eigenvalue weighted by Crippen LogP contribution is 2.24. The zero-order valence-corrected chi connectivity index (χ0v) is 15.7. The van der Waals surface area contributed by atoms with Gasteiger partial charge in [0.25, 0.3) is 5.89 Å². The standard InChI is InChI=1S/C15H21N5O3S.ClH/c1-3-17-24(21,22)12-6-4-5-11(9-12)15-18-14(19-23-15)13-10-16-7-8-20(13)2;/h4-6,9,13,16-17H,3,7-8,10H2,1-2H3;1H. The molecule has 1 aromatic heterocycles. The first-order chi connectivity index (χ1) is 11.5. The molecule has 1 fully saturated rings. The largest absolute Gasteiger partial charge is 0.334 e. The van der Waals surface area contributed by atoms with Crippen LogP contribution in [0.1, 0.15) is 18.8 Å². The maximum absolute atomic E-state index is 12.1. The SMILES string of the molecule is CCNS(=O)(=O)c1cccc(-c2nc(C3CNCCN3C)no2)c1.Cl. The summed E-state index contributed by atoms with van der Waals surface area (Å²) in [4.78, 5) is 6.79. The molecule has 8 nitrogen and oxygen atoms in total. The summed E-state index contributed by atoms with van der Waals surface area (Å²) in [5, 5.41) is 7.37. The van der Waals surface area contributed by atoms with Crippen molar-refractivity contribution in [3.63, 3.8) is 0 Å². The molecule has 25 heavy (non-hydrogen) atoms. The van der Waals surface area contributed by atoms with Gasteiger partial charge < -0.3 is 9.84 Å². The van der Waals surface area contributed by atoms with Crippen LogP contribution < -0.4 is 10.0 Å². The molecule has 1 saturated heterocycles. The van der Waals surface area contributed by atoms with E-state index < -0.39 is 10.0 Å². The number of hydrogen-bond donors (Lipinski definition) is 2. The Kier molecular flexibility index (Phi) is 6.53. The van der Waals surface area contributed by atoms with Crippen molar-refractivity contribution in [1.29, 1.82) is 0 Å². The maximum Gasteiger partial charge on any atom is 0.258 e. The summed E-state index contributed by atoms with van der Waals surface area (Å²) >= 11 is 0. The molecule has 1 unspecified atom stereocenters. The van der Waals surface area contributed by atoms with E-state index in [-0.39, 0.29) is 23.3 Å².